The van der Waals surface area contributed by atoms with E-state index in [1.54, 1.807) is 0 Å². The number of rotatable bonds is 9. The highest BCUT2D eigenvalue weighted by Crippen LogP contribution is 2.40. The van der Waals surface area contributed by atoms with Crippen LogP contribution in [0.15, 0.2) is 10.4 Å². The molecule has 4 N–H and O–H groups in total. The van der Waals surface area contributed by atoms with Gasteiger partial charge in [0.2, 0.25) is 11.8 Å². The number of primary amides is 2. The molecule has 0 aliphatic carbocycles. The second-order valence-corrected chi connectivity index (χ2v) is 9.48. The molecule has 0 aromatic rings. The van der Waals surface area contributed by atoms with Crippen LogP contribution in [0.1, 0.15) is 20.3 Å². The molecule has 2 atom stereocenters. The summed E-state index contributed by atoms with van der Waals surface area (Å²) in [5.74, 6) is -0.754. The summed E-state index contributed by atoms with van der Waals surface area (Å²) < 4.78 is 0. The second-order valence-electron chi connectivity index (χ2n) is 9.48. The third-order valence-electron chi connectivity index (χ3n) is 6.57. The van der Waals surface area contributed by atoms with Crippen molar-refractivity contribution < 1.29 is 9.59 Å². The Balaban J connectivity index is 2.28. The zero-order valence-electron chi connectivity index (χ0n) is 19.3. The lowest BCUT2D eigenvalue weighted by Gasteiger charge is -2.37. The summed E-state index contributed by atoms with van der Waals surface area (Å²) in [6.45, 7) is 10.1. The molecule has 2 unspecified atom stereocenters. The summed E-state index contributed by atoms with van der Waals surface area (Å²) in [4.78, 5) is 53.9. The van der Waals surface area contributed by atoms with Gasteiger partial charge in [0.05, 0.1) is 25.7 Å². The summed E-state index contributed by atoms with van der Waals surface area (Å²) in [5, 5.41) is 6.00. The topological polar surface area (TPSA) is 158 Å². The molecule has 2 heterocycles. The van der Waals surface area contributed by atoms with E-state index in [1.165, 1.54) is 0 Å². The summed E-state index contributed by atoms with van der Waals surface area (Å²) in [6.07, 6.45) is 0.792. The Kier molecular flexibility index (Phi) is 10.1. The van der Waals surface area contributed by atoms with Crippen molar-refractivity contribution in [3.63, 3.8) is 0 Å². The maximum Gasteiger partial charge on any atom is 0.235 e. The van der Waals surface area contributed by atoms with Gasteiger partial charge in [-0.2, -0.15) is 9.81 Å². The molecule has 0 bridgehead atoms. The molecule has 2 aliphatic heterocycles. The predicted octanol–water partition coefficient (Wildman–Crippen LogP) is -1.12. The largest absolute Gasteiger partial charge is 0.369 e. The molecule has 2 fully saturated rings. The average molecular weight is 455 g/mol. The van der Waals surface area contributed by atoms with Gasteiger partial charge in [-0.3, -0.25) is 29.2 Å². The molecule has 2 saturated heterocycles. The number of carbonyl (C=O) groups excluding carboxylic acids is 2. The third-order valence-corrected chi connectivity index (χ3v) is 6.57. The van der Waals surface area contributed by atoms with Gasteiger partial charge in [0.25, 0.3) is 0 Å². The molecule has 12 heteroatoms. The average Bonchev–Trinajstić information content (AvgIpc) is 2.96. The molecule has 0 spiro atoms. The highest BCUT2D eigenvalue weighted by Gasteiger charge is 2.49. The Hall–Kier alpha value is -2.02. The minimum absolute atomic E-state index is 0.0779. The number of hydrogen-bond acceptors (Lipinski definition) is 10. The first-order valence-electron chi connectivity index (χ1n) is 11.3. The van der Waals surface area contributed by atoms with E-state index in [0.29, 0.717) is 58.9 Å². The van der Waals surface area contributed by atoms with Crippen LogP contribution in [0, 0.1) is 15.2 Å². The quantitative estimate of drug-likeness (QED) is 0.415. The molecule has 0 saturated carbocycles. The molecule has 12 nitrogen and oxygen atoms in total. The van der Waals surface area contributed by atoms with Crippen LogP contribution in [0.4, 0.5) is 0 Å². The number of nitrogens with two attached hydrogens (primary N) is 2. The standard InChI is InChI=1S/C20H38N8O4/c1-20(2)13-16-14-26(6-4-24-32)9-7-25(5-3-23-31)8-10-27(15-17(21)29)11-12-28(16)18(20)19(22)30/h16,18H,3-15H2,1-2H3,(H2,21,29)(H2,22,30). The number of nitroso groups, excluding NO2 is 2. The normalized spacial score (nSPS) is 26.6. The van der Waals surface area contributed by atoms with Gasteiger partial charge < -0.3 is 11.5 Å². The van der Waals surface area contributed by atoms with E-state index in [-0.39, 0.29) is 37.0 Å². The highest BCUT2D eigenvalue weighted by atomic mass is 16.3. The minimum atomic E-state index is -0.410. The van der Waals surface area contributed by atoms with Crippen LogP contribution in [0.2, 0.25) is 0 Å². The van der Waals surface area contributed by atoms with Gasteiger partial charge in [0, 0.05) is 64.9 Å². The van der Waals surface area contributed by atoms with E-state index in [4.69, 9.17) is 11.5 Å². The first kappa shape index (κ1) is 26.2. The first-order chi connectivity index (χ1) is 15.2. The lowest BCUT2D eigenvalue weighted by atomic mass is 9.83. The Morgan fingerprint density at radius 3 is 1.97 bits per heavy atom. The van der Waals surface area contributed by atoms with Crippen molar-refractivity contribution in [2.24, 2.45) is 27.2 Å². The van der Waals surface area contributed by atoms with Gasteiger partial charge in [-0.1, -0.05) is 24.2 Å². The smallest absolute Gasteiger partial charge is 0.235 e. The number of hydrogen-bond donors (Lipinski definition) is 2. The van der Waals surface area contributed by atoms with Crippen molar-refractivity contribution in [1.29, 1.82) is 0 Å². The number of carbonyl (C=O) groups is 2. The predicted molar refractivity (Wildman–Crippen MR) is 122 cm³/mol. The zero-order valence-corrected chi connectivity index (χ0v) is 19.3. The van der Waals surface area contributed by atoms with Gasteiger partial charge >= 0.3 is 0 Å². The zero-order chi connectivity index (χ0) is 23.7. The van der Waals surface area contributed by atoms with Crippen molar-refractivity contribution in [2.45, 2.75) is 32.4 Å². The summed E-state index contributed by atoms with van der Waals surface area (Å²) in [5.41, 5.74) is 11.0. The van der Waals surface area contributed by atoms with Crippen molar-refractivity contribution in [3.8, 4) is 0 Å². The van der Waals surface area contributed by atoms with Crippen molar-refractivity contribution in [3.05, 3.63) is 9.81 Å². The number of amides is 2. The van der Waals surface area contributed by atoms with Crippen LogP contribution in [-0.2, 0) is 9.59 Å². The minimum Gasteiger partial charge on any atom is -0.369 e. The Morgan fingerprint density at radius 2 is 1.41 bits per heavy atom. The highest BCUT2D eigenvalue weighted by molar-refractivity contribution is 5.81. The van der Waals surface area contributed by atoms with E-state index in [0.717, 1.165) is 6.42 Å². The fraction of sp³-hybridized carbons (Fsp3) is 0.900. The Morgan fingerprint density at radius 1 is 0.875 bits per heavy atom. The van der Waals surface area contributed by atoms with Crippen molar-refractivity contribution in [2.75, 3.05) is 78.5 Å². The first-order valence-corrected chi connectivity index (χ1v) is 11.3. The van der Waals surface area contributed by atoms with E-state index < -0.39 is 11.9 Å². The molecule has 2 aliphatic rings. The van der Waals surface area contributed by atoms with Crippen molar-refractivity contribution in [1.82, 2.24) is 19.6 Å². The van der Waals surface area contributed by atoms with Crippen LogP contribution in [-0.4, -0.2) is 122 Å². The molecule has 0 aromatic carbocycles. The summed E-state index contributed by atoms with van der Waals surface area (Å²) in [7, 11) is 0. The molecule has 0 aromatic heterocycles. The Labute approximate surface area is 189 Å². The number of fused-ring (bicyclic) bond motifs is 1. The van der Waals surface area contributed by atoms with E-state index in [2.05, 4.69) is 38.9 Å². The van der Waals surface area contributed by atoms with Gasteiger partial charge in [-0.25, -0.2) is 0 Å². The van der Waals surface area contributed by atoms with Gasteiger partial charge in [-0.05, 0) is 11.8 Å². The molecular formula is C20H38N8O4. The summed E-state index contributed by atoms with van der Waals surface area (Å²) in [6, 6.07) is -0.332. The van der Waals surface area contributed by atoms with E-state index in [9.17, 15) is 19.4 Å². The fourth-order valence-corrected chi connectivity index (χ4v) is 5.13. The third kappa shape index (κ3) is 7.54. The molecule has 2 amide bonds. The van der Waals surface area contributed by atoms with Crippen LogP contribution in [0.3, 0.4) is 0 Å². The SMILES string of the molecule is CC1(C)CC2CN(CCN=O)CCN(CCN=O)CCN(CC(N)=O)CCN2C1C(N)=O. The van der Waals surface area contributed by atoms with Gasteiger partial charge in [-0.15, -0.1) is 0 Å². The Bertz CT molecular complexity index is 662. The second kappa shape index (κ2) is 12.3. The van der Waals surface area contributed by atoms with Crippen LogP contribution in [0.5, 0.6) is 0 Å². The van der Waals surface area contributed by atoms with Crippen LogP contribution >= 0.6 is 0 Å². The van der Waals surface area contributed by atoms with Gasteiger partial charge in [0.15, 0.2) is 0 Å². The van der Waals surface area contributed by atoms with Crippen LogP contribution < -0.4 is 11.5 Å². The lowest BCUT2D eigenvalue weighted by Crippen LogP contribution is -2.54. The molecule has 0 radical (unpaired) electrons. The van der Waals surface area contributed by atoms with E-state index >= 15 is 0 Å². The maximum atomic E-state index is 12.4. The monoisotopic (exact) mass is 454 g/mol. The lowest BCUT2D eigenvalue weighted by molar-refractivity contribution is -0.125. The van der Waals surface area contributed by atoms with Crippen LogP contribution in [0.25, 0.3) is 0 Å². The molecule has 32 heavy (non-hydrogen) atoms. The van der Waals surface area contributed by atoms with E-state index in [1.807, 2.05) is 4.90 Å². The molecular weight excluding hydrogens is 416 g/mol. The maximum absolute atomic E-state index is 12.4. The van der Waals surface area contributed by atoms with Gasteiger partial charge in [0.1, 0.15) is 0 Å². The number of nitrogens with zero attached hydrogens (tertiary/aromatic N) is 6. The summed E-state index contributed by atoms with van der Waals surface area (Å²) >= 11 is 0. The van der Waals surface area contributed by atoms with Crippen molar-refractivity contribution >= 4 is 11.8 Å². The molecule has 182 valence electrons. The molecule has 2 rings (SSSR count). The fourth-order valence-electron chi connectivity index (χ4n) is 5.13.